The highest BCUT2D eigenvalue weighted by Crippen LogP contribution is 2.38. The number of carbonyl (C=O) groups excluding carboxylic acids is 2. The number of fused-ring (bicyclic) bond motifs is 5. The average molecular weight is 584 g/mol. The summed E-state index contributed by atoms with van der Waals surface area (Å²) < 4.78 is 14.2. The summed E-state index contributed by atoms with van der Waals surface area (Å²) >= 11 is 0. The number of aromatic nitrogens is 1. The zero-order valence-electron chi connectivity index (χ0n) is 25.6. The molecule has 0 radical (unpaired) electrons. The molecule has 0 aliphatic carbocycles. The number of amides is 2. The summed E-state index contributed by atoms with van der Waals surface area (Å²) in [6, 6.07) is 25.1. The Kier molecular flexibility index (Phi) is 9.30. The minimum atomic E-state index is -0.736. The van der Waals surface area contributed by atoms with Crippen LogP contribution in [0.3, 0.4) is 0 Å². The van der Waals surface area contributed by atoms with Gasteiger partial charge < -0.3 is 28.9 Å². The molecule has 5 rings (SSSR count). The number of aryl methyl sites for hydroxylation is 1. The van der Waals surface area contributed by atoms with E-state index in [4.69, 9.17) is 9.47 Å². The molecular formula is C35H41N3O5. The van der Waals surface area contributed by atoms with Crippen LogP contribution in [-0.4, -0.2) is 77.3 Å². The lowest BCUT2D eigenvalue weighted by Gasteiger charge is -2.35. The van der Waals surface area contributed by atoms with Crippen LogP contribution < -0.4 is 0 Å². The lowest BCUT2D eigenvalue weighted by Crippen LogP contribution is -2.48. The number of para-hydroxylation sites is 1. The van der Waals surface area contributed by atoms with Crippen molar-refractivity contribution in [3.05, 3.63) is 95.7 Å². The van der Waals surface area contributed by atoms with Gasteiger partial charge in [0.05, 0.1) is 25.4 Å². The Morgan fingerprint density at radius 3 is 2.47 bits per heavy atom. The summed E-state index contributed by atoms with van der Waals surface area (Å²) in [6.45, 7) is 4.67. The third-order valence-electron chi connectivity index (χ3n) is 8.62. The van der Waals surface area contributed by atoms with Crippen molar-refractivity contribution in [3.8, 4) is 11.1 Å². The quantitative estimate of drug-likeness (QED) is 0.329. The number of aliphatic hydroxyl groups excluding tert-OH is 1. The number of aliphatic hydroxyl groups is 1. The molecule has 2 heterocycles. The molecule has 1 aromatic heterocycles. The van der Waals surface area contributed by atoms with Gasteiger partial charge in [-0.3, -0.25) is 9.59 Å². The summed E-state index contributed by atoms with van der Waals surface area (Å²) in [6.07, 6.45) is -1.13. The molecule has 4 atom stereocenters. The first-order valence-electron chi connectivity index (χ1n) is 14.8. The monoisotopic (exact) mass is 583 g/mol. The fourth-order valence-electron chi connectivity index (χ4n) is 6.09. The van der Waals surface area contributed by atoms with Crippen molar-refractivity contribution >= 4 is 22.7 Å². The Morgan fingerprint density at radius 1 is 1.07 bits per heavy atom. The Hall–Kier alpha value is -3.98. The van der Waals surface area contributed by atoms with E-state index in [-0.39, 0.29) is 24.3 Å². The van der Waals surface area contributed by atoms with Crippen LogP contribution in [-0.2, 0) is 27.9 Å². The number of benzene rings is 3. The van der Waals surface area contributed by atoms with Gasteiger partial charge in [0.25, 0.3) is 11.8 Å². The number of carbonyl (C=O) groups is 2. The standard InChI is InChI=1S/C35H41N3O5/c1-23-19-38(24(2)21-39)34(40)32-31(28-17-11-12-18-29(28)37(32)4)27-16-10-9-15-26(27)22-43-30(23)20-36(3)35(41)33(42-5)25-13-7-6-8-14-25/h6-18,23-24,30,33,39H,19-22H2,1-5H3/t23-,24-,30+,33-/m0/s1. The third-order valence-corrected chi connectivity index (χ3v) is 8.62. The Labute approximate surface area is 253 Å². The number of rotatable bonds is 7. The number of methoxy groups -OCH3 is 1. The van der Waals surface area contributed by atoms with E-state index >= 15 is 0 Å². The van der Waals surface area contributed by atoms with Gasteiger partial charge in [-0.05, 0) is 29.7 Å². The number of nitrogens with zero attached hydrogens (tertiary/aromatic N) is 3. The second-order valence-electron chi connectivity index (χ2n) is 11.5. The van der Waals surface area contributed by atoms with Crippen molar-refractivity contribution in [3.63, 3.8) is 0 Å². The smallest absolute Gasteiger partial charge is 0.271 e. The molecule has 8 heteroatoms. The van der Waals surface area contributed by atoms with Gasteiger partial charge in [0.2, 0.25) is 0 Å². The predicted octanol–water partition coefficient (Wildman–Crippen LogP) is 5.05. The van der Waals surface area contributed by atoms with Crippen molar-refractivity contribution in [2.45, 2.75) is 38.7 Å². The van der Waals surface area contributed by atoms with E-state index in [2.05, 4.69) is 0 Å². The molecule has 0 saturated carbocycles. The second-order valence-corrected chi connectivity index (χ2v) is 11.5. The van der Waals surface area contributed by atoms with Crippen molar-refractivity contribution in [1.82, 2.24) is 14.4 Å². The molecule has 226 valence electrons. The molecule has 0 fully saturated rings. The van der Waals surface area contributed by atoms with E-state index in [9.17, 15) is 14.7 Å². The first-order valence-corrected chi connectivity index (χ1v) is 14.8. The summed E-state index contributed by atoms with van der Waals surface area (Å²) in [5.41, 5.74) is 5.08. The molecule has 0 bridgehead atoms. The third kappa shape index (κ3) is 5.95. The van der Waals surface area contributed by atoms with Gasteiger partial charge >= 0.3 is 0 Å². The maximum absolute atomic E-state index is 14.5. The van der Waals surface area contributed by atoms with Crippen molar-refractivity contribution in [1.29, 1.82) is 0 Å². The average Bonchev–Trinajstić information content (AvgIpc) is 3.32. The highest BCUT2D eigenvalue weighted by Gasteiger charge is 2.34. The molecule has 0 unspecified atom stereocenters. The predicted molar refractivity (Wildman–Crippen MR) is 168 cm³/mol. The van der Waals surface area contributed by atoms with E-state index in [1.807, 2.05) is 104 Å². The van der Waals surface area contributed by atoms with E-state index in [0.717, 1.165) is 33.2 Å². The first kappa shape index (κ1) is 30.5. The number of hydrogen-bond acceptors (Lipinski definition) is 5. The van der Waals surface area contributed by atoms with E-state index in [1.54, 1.807) is 16.8 Å². The molecule has 43 heavy (non-hydrogen) atoms. The molecule has 2 amide bonds. The summed E-state index contributed by atoms with van der Waals surface area (Å²) in [4.78, 5) is 31.5. The Bertz CT molecular complexity index is 1580. The minimum Gasteiger partial charge on any atom is -0.394 e. The van der Waals surface area contributed by atoms with Crippen LogP contribution in [0.15, 0.2) is 78.9 Å². The molecule has 8 nitrogen and oxygen atoms in total. The largest absolute Gasteiger partial charge is 0.394 e. The van der Waals surface area contributed by atoms with Crippen LogP contribution in [0.25, 0.3) is 22.0 Å². The molecule has 3 aromatic carbocycles. The SMILES string of the molecule is CO[C@H](C(=O)N(C)C[C@H]1OCc2ccccc2-c2c(n(C)c3ccccc23)C(=O)N([C@@H](C)CO)C[C@@H]1C)c1ccccc1. The van der Waals surface area contributed by atoms with Crippen LogP contribution in [0.4, 0.5) is 0 Å². The van der Waals surface area contributed by atoms with Crippen molar-refractivity contribution in [2.24, 2.45) is 13.0 Å². The molecule has 4 aromatic rings. The number of ether oxygens (including phenoxy) is 2. The van der Waals surface area contributed by atoms with Crippen LogP contribution in [0, 0.1) is 5.92 Å². The molecule has 1 N–H and O–H groups in total. The van der Waals surface area contributed by atoms with Gasteiger partial charge in [-0.1, -0.05) is 79.7 Å². The summed E-state index contributed by atoms with van der Waals surface area (Å²) in [7, 11) is 5.21. The normalized spacial score (nSPS) is 18.8. The van der Waals surface area contributed by atoms with Crippen molar-refractivity contribution in [2.75, 3.05) is 33.9 Å². The van der Waals surface area contributed by atoms with Gasteiger partial charge in [0.1, 0.15) is 5.69 Å². The van der Waals surface area contributed by atoms with E-state index in [0.29, 0.717) is 25.4 Å². The molecule has 1 aliphatic heterocycles. The summed E-state index contributed by atoms with van der Waals surface area (Å²) in [5.74, 6) is -0.477. The van der Waals surface area contributed by atoms with Gasteiger partial charge in [0, 0.05) is 56.7 Å². The maximum Gasteiger partial charge on any atom is 0.271 e. The Balaban J connectivity index is 1.55. The molecule has 1 aliphatic rings. The van der Waals surface area contributed by atoms with Gasteiger partial charge in [0.15, 0.2) is 6.10 Å². The topological polar surface area (TPSA) is 84.2 Å². The molecular weight excluding hydrogens is 542 g/mol. The molecule has 0 spiro atoms. The van der Waals surface area contributed by atoms with E-state index < -0.39 is 18.2 Å². The van der Waals surface area contributed by atoms with E-state index in [1.165, 1.54) is 7.11 Å². The van der Waals surface area contributed by atoms with Crippen LogP contribution in [0.1, 0.15) is 41.6 Å². The molecule has 0 saturated heterocycles. The first-order chi connectivity index (χ1) is 20.8. The maximum atomic E-state index is 14.5. The fraction of sp³-hybridized carbons (Fsp3) is 0.371. The highest BCUT2D eigenvalue weighted by atomic mass is 16.5. The summed E-state index contributed by atoms with van der Waals surface area (Å²) in [5, 5.41) is 11.2. The van der Waals surface area contributed by atoms with Crippen LogP contribution >= 0.6 is 0 Å². The second kappa shape index (κ2) is 13.1. The number of likely N-dealkylation sites (N-methyl/N-ethyl adjacent to an activating group) is 1. The van der Waals surface area contributed by atoms with Gasteiger partial charge in [-0.2, -0.15) is 0 Å². The lowest BCUT2D eigenvalue weighted by molar-refractivity contribution is -0.143. The van der Waals surface area contributed by atoms with Gasteiger partial charge in [-0.15, -0.1) is 0 Å². The van der Waals surface area contributed by atoms with Gasteiger partial charge in [-0.25, -0.2) is 0 Å². The zero-order valence-corrected chi connectivity index (χ0v) is 25.6. The Morgan fingerprint density at radius 2 is 1.74 bits per heavy atom. The highest BCUT2D eigenvalue weighted by molar-refractivity contribution is 6.10. The fourth-order valence-corrected chi connectivity index (χ4v) is 6.09. The minimum absolute atomic E-state index is 0.148. The van der Waals surface area contributed by atoms with Crippen molar-refractivity contribution < 1.29 is 24.2 Å². The van der Waals surface area contributed by atoms with Crippen LogP contribution in [0.5, 0.6) is 0 Å². The zero-order chi connectivity index (χ0) is 30.7. The lowest BCUT2D eigenvalue weighted by atomic mass is 9.96. The van der Waals surface area contributed by atoms with Crippen LogP contribution in [0.2, 0.25) is 0 Å². The number of hydrogen-bond donors (Lipinski definition) is 1.